The van der Waals surface area contributed by atoms with Crippen molar-refractivity contribution in [2.24, 2.45) is 0 Å². The van der Waals surface area contributed by atoms with Crippen LogP contribution in [0.15, 0.2) is 24.3 Å². The molecular weight excluding hydrogens is 229 g/mol. The Morgan fingerprint density at radius 3 is 2.50 bits per heavy atom. The van der Waals surface area contributed by atoms with Crippen molar-refractivity contribution in [3.8, 4) is 5.69 Å². The minimum Gasteiger partial charge on any atom is -0.313 e. The third-order valence-electron chi connectivity index (χ3n) is 3.06. The minimum atomic E-state index is -0.229. The summed E-state index contributed by atoms with van der Waals surface area (Å²) in [4.78, 5) is 0. The number of hydrogen-bond acceptors (Lipinski definition) is 2. The second kappa shape index (κ2) is 5.31. The smallest absolute Gasteiger partial charge is 0.123 e. The number of halogens is 1. The maximum absolute atomic E-state index is 12.9. The summed E-state index contributed by atoms with van der Waals surface area (Å²) in [5.41, 5.74) is 4.21. The molecule has 0 aliphatic carbocycles. The van der Waals surface area contributed by atoms with Crippen LogP contribution in [0.1, 0.15) is 23.9 Å². The van der Waals surface area contributed by atoms with Gasteiger partial charge in [-0.2, -0.15) is 5.10 Å². The largest absolute Gasteiger partial charge is 0.313 e. The Morgan fingerprint density at radius 1 is 1.22 bits per heavy atom. The molecule has 2 aromatic rings. The van der Waals surface area contributed by atoms with E-state index >= 15 is 0 Å². The number of aryl methyl sites for hydroxylation is 1. The molecule has 1 aromatic heterocycles. The first-order valence-corrected chi connectivity index (χ1v) is 6.15. The molecule has 0 unspecified atom stereocenters. The summed E-state index contributed by atoms with van der Waals surface area (Å²) < 4.78 is 14.8. The van der Waals surface area contributed by atoms with Gasteiger partial charge in [-0.05, 0) is 44.7 Å². The third kappa shape index (κ3) is 2.43. The van der Waals surface area contributed by atoms with Crippen molar-refractivity contribution in [1.82, 2.24) is 15.1 Å². The van der Waals surface area contributed by atoms with Crippen LogP contribution in [0.3, 0.4) is 0 Å². The van der Waals surface area contributed by atoms with E-state index in [0.29, 0.717) is 0 Å². The fourth-order valence-electron chi connectivity index (χ4n) is 2.01. The van der Waals surface area contributed by atoms with Gasteiger partial charge in [0.15, 0.2) is 0 Å². The molecule has 0 bridgehead atoms. The molecule has 0 saturated carbocycles. The van der Waals surface area contributed by atoms with Crippen molar-refractivity contribution < 1.29 is 4.39 Å². The highest BCUT2D eigenvalue weighted by molar-refractivity contribution is 5.37. The van der Waals surface area contributed by atoms with E-state index in [4.69, 9.17) is 0 Å². The number of rotatable bonds is 4. The molecule has 0 aliphatic rings. The molecule has 0 fully saturated rings. The lowest BCUT2D eigenvalue weighted by Crippen LogP contribution is -2.13. The lowest BCUT2D eigenvalue weighted by atomic mass is 10.2. The number of nitrogens with one attached hydrogen (secondary N) is 1. The zero-order chi connectivity index (χ0) is 13.1. The van der Waals surface area contributed by atoms with Crippen molar-refractivity contribution in [2.75, 3.05) is 6.54 Å². The fourth-order valence-corrected chi connectivity index (χ4v) is 2.01. The third-order valence-corrected chi connectivity index (χ3v) is 3.06. The number of aromatic nitrogens is 2. The van der Waals surface area contributed by atoms with Crippen LogP contribution >= 0.6 is 0 Å². The van der Waals surface area contributed by atoms with Gasteiger partial charge in [0.05, 0.1) is 11.4 Å². The van der Waals surface area contributed by atoms with Gasteiger partial charge in [0, 0.05) is 17.8 Å². The summed E-state index contributed by atoms with van der Waals surface area (Å²) in [6, 6.07) is 6.39. The maximum Gasteiger partial charge on any atom is 0.123 e. The zero-order valence-corrected chi connectivity index (χ0v) is 11.0. The van der Waals surface area contributed by atoms with Crippen LogP contribution in [0.4, 0.5) is 4.39 Å². The summed E-state index contributed by atoms with van der Waals surface area (Å²) in [5, 5.41) is 7.82. The number of hydrogen-bond donors (Lipinski definition) is 1. The van der Waals surface area contributed by atoms with E-state index in [1.165, 1.54) is 17.7 Å². The number of benzene rings is 1. The highest BCUT2D eigenvalue weighted by Crippen LogP contribution is 2.18. The van der Waals surface area contributed by atoms with Gasteiger partial charge >= 0.3 is 0 Å². The predicted molar refractivity (Wildman–Crippen MR) is 70.4 cm³/mol. The molecule has 3 nitrogen and oxygen atoms in total. The molecule has 0 radical (unpaired) electrons. The van der Waals surface area contributed by atoms with Gasteiger partial charge in [-0.15, -0.1) is 0 Å². The van der Waals surface area contributed by atoms with Gasteiger partial charge in [0.1, 0.15) is 5.82 Å². The lowest BCUT2D eigenvalue weighted by Gasteiger charge is -2.05. The lowest BCUT2D eigenvalue weighted by molar-refractivity contribution is 0.627. The van der Waals surface area contributed by atoms with E-state index in [-0.39, 0.29) is 5.82 Å². The second-order valence-electron chi connectivity index (χ2n) is 4.32. The van der Waals surface area contributed by atoms with Gasteiger partial charge < -0.3 is 5.32 Å². The van der Waals surface area contributed by atoms with Crippen LogP contribution < -0.4 is 5.32 Å². The van der Waals surface area contributed by atoms with Crippen molar-refractivity contribution in [3.05, 3.63) is 47.0 Å². The molecule has 96 valence electrons. The average molecular weight is 247 g/mol. The van der Waals surface area contributed by atoms with E-state index in [1.54, 1.807) is 12.1 Å². The van der Waals surface area contributed by atoms with E-state index in [1.807, 2.05) is 18.5 Å². The van der Waals surface area contributed by atoms with Gasteiger partial charge in [0.2, 0.25) is 0 Å². The molecule has 0 atom stereocenters. The first-order valence-electron chi connectivity index (χ1n) is 6.15. The molecule has 2 rings (SSSR count). The van der Waals surface area contributed by atoms with Gasteiger partial charge in [-0.25, -0.2) is 9.07 Å². The van der Waals surface area contributed by atoms with Gasteiger partial charge in [-0.1, -0.05) is 6.92 Å². The Labute approximate surface area is 107 Å². The summed E-state index contributed by atoms with van der Waals surface area (Å²) >= 11 is 0. The molecule has 1 aromatic carbocycles. The van der Waals surface area contributed by atoms with E-state index in [9.17, 15) is 4.39 Å². The van der Waals surface area contributed by atoms with E-state index in [2.05, 4.69) is 17.3 Å². The summed E-state index contributed by atoms with van der Waals surface area (Å²) in [6.45, 7) is 7.86. The Kier molecular flexibility index (Phi) is 3.77. The first-order chi connectivity index (χ1) is 8.63. The van der Waals surface area contributed by atoms with Crippen LogP contribution in [0.2, 0.25) is 0 Å². The quantitative estimate of drug-likeness (QED) is 0.900. The van der Waals surface area contributed by atoms with E-state index in [0.717, 1.165) is 30.2 Å². The molecule has 0 aliphatic heterocycles. The minimum absolute atomic E-state index is 0.229. The monoisotopic (exact) mass is 247 g/mol. The molecule has 0 saturated heterocycles. The second-order valence-corrected chi connectivity index (χ2v) is 4.32. The molecule has 0 spiro atoms. The average Bonchev–Trinajstić information content (AvgIpc) is 2.64. The standard InChI is InChI=1S/C14H18FN3/c1-4-16-9-14-10(2)17-18(11(14)3)13-7-5-12(15)6-8-13/h5-8,16H,4,9H2,1-3H3. The molecule has 18 heavy (non-hydrogen) atoms. The van der Waals surface area contributed by atoms with Crippen molar-refractivity contribution in [3.63, 3.8) is 0 Å². The molecular formula is C14H18FN3. The Hall–Kier alpha value is -1.68. The van der Waals surface area contributed by atoms with Crippen LogP contribution in [-0.2, 0) is 6.54 Å². The first kappa shape index (κ1) is 12.8. The zero-order valence-electron chi connectivity index (χ0n) is 11.0. The highest BCUT2D eigenvalue weighted by Gasteiger charge is 2.11. The topological polar surface area (TPSA) is 29.9 Å². The Balaban J connectivity index is 2.37. The van der Waals surface area contributed by atoms with Crippen LogP contribution in [-0.4, -0.2) is 16.3 Å². The van der Waals surface area contributed by atoms with Crippen molar-refractivity contribution in [2.45, 2.75) is 27.3 Å². The van der Waals surface area contributed by atoms with E-state index < -0.39 is 0 Å². The van der Waals surface area contributed by atoms with Crippen LogP contribution in [0, 0.1) is 19.7 Å². The summed E-state index contributed by atoms with van der Waals surface area (Å²) in [7, 11) is 0. The Morgan fingerprint density at radius 2 is 1.89 bits per heavy atom. The predicted octanol–water partition coefficient (Wildman–Crippen LogP) is 2.74. The van der Waals surface area contributed by atoms with Crippen molar-refractivity contribution >= 4 is 0 Å². The molecule has 1 N–H and O–H groups in total. The molecule has 4 heteroatoms. The fraction of sp³-hybridized carbons (Fsp3) is 0.357. The Bertz CT molecular complexity index is 529. The van der Waals surface area contributed by atoms with Gasteiger partial charge in [-0.3, -0.25) is 0 Å². The summed E-state index contributed by atoms with van der Waals surface area (Å²) in [5.74, 6) is -0.229. The molecule has 1 heterocycles. The van der Waals surface area contributed by atoms with Gasteiger partial charge in [0.25, 0.3) is 0 Å². The van der Waals surface area contributed by atoms with Crippen molar-refractivity contribution in [1.29, 1.82) is 0 Å². The molecule has 0 amide bonds. The van der Waals surface area contributed by atoms with Crippen LogP contribution in [0.25, 0.3) is 5.69 Å². The summed E-state index contributed by atoms with van der Waals surface area (Å²) in [6.07, 6.45) is 0. The normalized spacial score (nSPS) is 10.9. The number of nitrogens with zero attached hydrogens (tertiary/aromatic N) is 2. The highest BCUT2D eigenvalue weighted by atomic mass is 19.1. The maximum atomic E-state index is 12.9. The SMILES string of the molecule is CCNCc1c(C)nn(-c2ccc(F)cc2)c1C. The van der Waals surface area contributed by atoms with Crippen LogP contribution in [0.5, 0.6) is 0 Å².